The Balaban J connectivity index is 1.17. The molecule has 0 spiro atoms. The second kappa shape index (κ2) is 11.9. The highest BCUT2D eigenvalue weighted by molar-refractivity contribution is 6.09. The fourth-order valence-corrected chi connectivity index (χ4v) is 7.13. The fourth-order valence-electron chi connectivity index (χ4n) is 7.13. The molecule has 0 aliphatic rings. The number of hydrogen-bond donors (Lipinski definition) is 0. The van der Waals surface area contributed by atoms with Crippen LogP contribution in [0.4, 0.5) is 0 Å². The summed E-state index contributed by atoms with van der Waals surface area (Å²) in [4.78, 5) is 15.5. The van der Waals surface area contributed by atoms with Gasteiger partial charge in [0.25, 0.3) is 0 Å². The second-order valence-electron chi connectivity index (χ2n) is 12.8. The normalized spacial score (nSPS) is 11.5. The van der Waals surface area contributed by atoms with E-state index in [4.69, 9.17) is 19.4 Å². The van der Waals surface area contributed by atoms with E-state index in [0.29, 0.717) is 17.5 Å². The maximum absolute atomic E-state index is 6.46. The molecule has 51 heavy (non-hydrogen) atoms. The minimum absolute atomic E-state index is 0.564. The first-order valence-electron chi connectivity index (χ1n) is 17.1. The molecule has 0 atom stereocenters. The van der Waals surface area contributed by atoms with Crippen molar-refractivity contribution in [1.29, 1.82) is 0 Å². The largest absolute Gasteiger partial charge is 0.455 e. The number of furan rings is 1. The zero-order valence-electron chi connectivity index (χ0n) is 27.5. The number of aromatic nitrogens is 3. The van der Waals surface area contributed by atoms with Gasteiger partial charge >= 0.3 is 0 Å². The number of nitrogens with zero attached hydrogens (tertiary/aromatic N) is 3. The van der Waals surface area contributed by atoms with Crippen molar-refractivity contribution in [3.8, 4) is 56.4 Å². The number of fused-ring (bicyclic) bond motifs is 5. The lowest BCUT2D eigenvalue weighted by molar-refractivity contribution is 0.669. The molecule has 0 saturated heterocycles. The van der Waals surface area contributed by atoms with E-state index in [1.807, 2.05) is 36.4 Å². The van der Waals surface area contributed by atoms with Gasteiger partial charge in [-0.3, -0.25) is 0 Å². The molecule has 2 aromatic heterocycles. The topological polar surface area (TPSA) is 51.8 Å². The highest BCUT2D eigenvalue weighted by Gasteiger charge is 2.19. The van der Waals surface area contributed by atoms with Crippen LogP contribution >= 0.6 is 0 Å². The molecule has 2 heterocycles. The summed E-state index contributed by atoms with van der Waals surface area (Å²) in [6.07, 6.45) is 0. The number of hydrogen-bond acceptors (Lipinski definition) is 4. The summed E-state index contributed by atoms with van der Waals surface area (Å²) in [6.45, 7) is 0. The molecule has 238 valence electrons. The lowest BCUT2D eigenvalue weighted by Gasteiger charge is -2.12. The molecule has 0 saturated carbocycles. The Bertz CT molecular complexity index is 2910. The standard InChI is InChI=1S/C47H29N3O/c1-2-10-30(11-3-1)32-20-24-34(25-21-32)45-48-46(50-47(49-45)41-18-9-16-39-38-15-6-7-19-43(38)51-44(39)41)40-17-8-14-33-23-27-37(29-42(33)40)36-26-22-31-12-4-5-13-35(31)28-36/h1-29H. The monoisotopic (exact) mass is 651 g/mol. The third kappa shape index (κ3) is 5.13. The summed E-state index contributed by atoms with van der Waals surface area (Å²) >= 11 is 0. The van der Waals surface area contributed by atoms with E-state index in [0.717, 1.165) is 71.7 Å². The quantitative estimate of drug-likeness (QED) is 0.186. The average Bonchev–Trinajstić information content (AvgIpc) is 3.59. The van der Waals surface area contributed by atoms with Crippen molar-refractivity contribution >= 4 is 43.5 Å². The Morgan fingerprint density at radius 1 is 0.314 bits per heavy atom. The van der Waals surface area contributed by atoms with Gasteiger partial charge in [-0.15, -0.1) is 0 Å². The molecule has 0 aliphatic heterocycles. The Hall–Kier alpha value is -6.91. The van der Waals surface area contributed by atoms with Crippen LogP contribution in [0, 0.1) is 0 Å². The van der Waals surface area contributed by atoms with Crippen LogP contribution in [-0.4, -0.2) is 15.0 Å². The molecule has 4 heteroatoms. The lowest BCUT2D eigenvalue weighted by Crippen LogP contribution is -2.01. The second-order valence-corrected chi connectivity index (χ2v) is 12.8. The van der Waals surface area contributed by atoms with E-state index in [2.05, 4.69) is 140 Å². The van der Waals surface area contributed by atoms with E-state index in [1.165, 1.54) is 10.8 Å². The molecule has 8 aromatic carbocycles. The van der Waals surface area contributed by atoms with E-state index in [9.17, 15) is 0 Å². The van der Waals surface area contributed by atoms with Crippen molar-refractivity contribution < 1.29 is 4.42 Å². The van der Waals surface area contributed by atoms with Gasteiger partial charge in [0.2, 0.25) is 0 Å². The van der Waals surface area contributed by atoms with Crippen molar-refractivity contribution in [1.82, 2.24) is 15.0 Å². The Labute approximate surface area is 294 Å². The maximum Gasteiger partial charge on any atom is 0.167 e. The van der Waals surface area contributed by atoms with Crippen molar-refractivity contribution in [2.75, 3.05) is 0 Å². The SMILES string of the molecule is c1ccc(-c2ccc(-c3nc(-c4cccc5ccc(-c6ccc7ccccc7c6)cc45)nc(-c4cccc5c4oc4ccccc45)n3)cc2)cc1. The molecule has 0 N–H and O–H groups in total. The number of benzene rings is 8. The summed E-state index contributed by atoms with van der Waals surface area (Å²) in [5, 5.41) is 6.73. The van der Waals surface area contributed by atoms with Gasteiger partial charge in [-0.25, -0.2) is 15.0 Å². The number of para-hydroxylation sites is 2. The van der Waals surface area contributed by atoms with Gasteiger partial charge in [-0.05, 0) is 68.1 Å². The van der Waals surface area contributed by atoms with Crippen LogP contribution in [0.3, 0.4) is 0 Å². The molecular formula is C47H29N3O. The molecule has 0 radical (unpaired) electrons. The Kier molecular flexibility index (Phi) is 6.78. The van der Waals surface area contributed by atoms with E-state index >= 15 is 0 Å². The number of rotatable bonds is 5. The predicted octanol–water partition coefficient (Wildman–Crippen LogP) is 12.4. The van der Waals surface area contributed by atoms with E-state index in [-0.39, 0.29) is 0 Å². The van der Waals surface area contributed by atoms with Crippen molar-refractivity contribution in [2.24, 2.45) is 0 Å². The third-order valence-corrected chi connectivity index (χ3v) is 9.74. The molecule has 10 aromatic rings. The van der Waals surface area contributed by atoms with Crippen LogP contribution in [0.15, 0.2) is 180 Å². The van der Waals surface area contributed by atoms with Gasteiger partial charge in [0.1, 0.15) is 11.2 Å². The summed E-state index contributed by atoms with van der Waals surface area (Å²) in [6, 6.07) is 61.2. The molecule has 0 unspecified atom stereocenters. The fraction of sp³-hybridized carbons (Fsp3) is 0. The Morgan fingerprint density at radius 3 is 1.75 bits per heavy atom. The highest BCUT2D eigenvalue weighted by atomic mass is 16.3. The Morgan fingerprint density at radius 2 is 0.882 bits per heavy atom. The average molecular weight is 652 g/mol. The molecule has 0 fully saturated rings. The van der Waals surface area contributed by atoms with Gasteiger partial charge in [0.15, 0.2) is 17.5 Å². The molecule has 0 amide bonds. The lowest BCUT2D eigenvalue weighted by atomic mass is 9.96. The first-order chi connectivity index (χ1) is 25.2. The van der Waals surface area contributed by atoms with E-state index < -0.39 is 0 Å². The van der Waals surface area contributed by atoms with Crippen molar-refractivity contribution in [3.05, 3.63) is 176 Å². The van der Waals surface area contributed by atoms with Crippen LogP contribution in [0.2, 0.25) is 0 Å². The van der Waals surface area contributed by atoms with Gasteiger partial charge in [0, 0.05) is 21.9 Å². The van der Waals surface area contributed by atoms with Crippen LogP contribution in [0.25, 0.3) is 99.9 Å². The summed E-state index contributed by atoms with van der Waals surface area (Å²) in [7, 11) is 0. The van der Waals surface area contributed by atoms with Crippen LogP contribution < -0.4 is 0 Å². The third-order valence-electron chi connectivity index (χ3n) is 9.74. The first kappa shape index (κ1) is 29.0. The molecule has 0 aliphatic carbocycles. The zero-order valence-corrected chi connectivity index (χ0v) is 27.5. The van der Waals surface area contributed by atoms with Crippen molar-refractivity contribution in [3.63, 3.8) is 0 Å². The van der Waals surface area contributed by atoms with Crippen LogP contribution in [-0.2, 0) is 0 Å². The smallest absolute Gasteiger partial charge is 0.167 e. The van der Waals surface area contributed by atoms with Gasteiger partial charge < -0.3 is 4.42 Å². The van der Waals surface area contributed by atoms with Crippen LogP contribution in [0.1, 0.15) is 0 Å². The summed E-state index contributed by atoms with van der Waals surface area (Å²) in [5.74, 6) is 1.77. The minimum Gasteiger partial charge on any atom is -0.455 e. The summed E-state index contributed by atoms with van der Waals surface area (Å²) in [5.41, 5.74) is 8.87. The molecule has 10 rings (SSSR count). The zero-order chi connectivity index (χ0) is 33.7. The van der Waals surface area contributed by atoms with Gasteiger partial charge in [-0.1, -0.05) is 152 Å². The molecular weight excluding hydrogens is 623 g/mol. The van der Waals surface area contributed by atoms with Gasteiger partial charge in [0.05, 0.1) is 5.56 Å². The first-order valence-corrected chi connectivity index (χ1v) is 17.1. The predicted molar refractivity (Wildman–Crippen MR) is 209 cm³/mol. The van der Waals surface area contributed by atoms with Gasteiger partial charge in [-0.2, -0.15) is 0 Å². The molecule has 4 nitrogen and oxygen atoms in total. The molecule has 0 bridgehead atoms. The van der Waals surface area contributed by atoms with E-state index in [1.54, 1.807) is 0 Å². The van der Waals surface area contributed by atoms with Crippen molar-refractivity contribution in [2.45, 2.75) is 0 Å². The summed E-state index contributed by atoms with van der Waals surface area (Å²) < 4.78 is 6.46. The minimum atomic E-state index is 0.564. The maximum atomic E-state index is 6.46. The van der Waals surface area contributed by atoms with Crippen LogP contribution in [0.5, 0.6) is 0 Å². The highest BCUT2D eigenvalue weighted by Crippen LogP contribution is 2.37.